The van der Waals surface area contributed by atoms with E-state index in [4.69, 9.17) is 4.84 Å². The number of nitrogens with one attached hydrogen (secondary N) is 2. The largest absolute Gasteiger partial charge is 0.573 e. The van der Waals surface area contributed by atoms with Gasteiger partial charge in [0.25, 0.3) is 5.91 Å². The van der Waals surface area contributed by atoms with Crippen LogP contribution in [0.2, 0.25) is 0 Å². The molecule has 0 atom stereocenters. The highest BCUT2D eigenvalue weighted by atomic mass is 19.4. The molecule has 0 fully saturated rings. The molecule has 0 saturated carbocycles. The molecule has 29 heavy (non-hydrogen) atoms. The number of rotatable bonds is 7. The maximum Gasteiger partial charge on any atom is 0.573 e. The van der Waals surface area contributed by atoms with E-state index < -0.39 is 18.0 Å². The molecule has 0 aliphatic rings. The third-order valence-electron chi connectivity index (χ3n) is 3.39. The molecule has 0 bridgehead atoms. The lowest BCUT2D eigenvalue weighted by atomic mass is 10.1. The molecule has 154 valence electrons. The molecule has 0 heterocycles. The van der Waals surface area contributed by atoms with E-state index in [-0.39, 0.29) is 18.2 Å². The minimum absolute atomic E-state index is 0.181. The van der Waals surface area contributed by atoms with Gasteiger partial charge in [0.1, 0.15) is 5.75 Å². The van der Waals surface area contributed by atoms with Gasteiger partial charge in [-0.05, 0) is 48.9 Å². The van der Waals surface area contributed by atoms with E-state index in [0.29, 0.717) is 11.4 Å². The summed E-state index contributed by atoms with van der Waals surface area (Å²) in [7, 11) is 0. The van der Waals surface area contributed by atoms with Crippen LogP contribution in [-0.2, 0) is 14.4 Å². The summed E-state index contributed by atoms with van der Waals surface area (Å²) in [5.41, 5.74) is 2.17. The zero-order chi connectivity index (χ0) is 21.4. The molecule has 2 amide bonds. The number of benzene rings is 2. The Morgan fingerprint density at radius 1 is 0.931 bits per heavy atom. The van der Waals surface area contributed by atoms with E-state index in [1.54, 1.807) is 31.2 Å². The molecule has 2 N–H and O–H groups in total. The van der Waals surface area contributed by atoms with Crippen LogP contribution in [0.5, 0.6) is 5.75 Å². The van der Waals surface area contributed by atoms with Crippen LogP contribution in [0.3, 0.4) is 0 Å². The highest BCUT2D eigenvalue weighted by molar-refractivity contribution is 5.99. The molecule has 2 aromatic rings. The molecule has 0 radical (unpaired) electrons. The van der Waals surface area contributed by atoms with Gasteiger partial charge >= 0.3 is 6.36 Å². The van der Waals surface area contributed by atoms with Gasteiger partial charge < -0.3 is 20.2 Å². The van der Waals surface area contributed by atoms with Crippen molar-refractivity contribution in [2.45, 2.75) is 20.2 Å². The first-order valence-electron chi connectivity index (χ1n) is 8.32. The SMILES string of the molecule is CC(=O)Nc1ccc(/C(C)=N/OCC(=O)Nc2ccc(OC(F)(F)F)cc2)cc1. The predicted molar refractivity (Wildman–Crippen MR) is 101 cm³/mol. The third-order valence-corrected chi connectivity index (χ3v) is 3.39. The van der Waals surface area contributed by atoms with Gasteiger partial charge in [-0.1, -0.05) is 17.3 Å². The molecule has 0 aliphatic heterocycles. The summed E-state index contributed by atoms with van der Waals surface area (Å²) in [5, 5.41) is 8.95. The number of oxime groups is 1. The summed E-state index contributed by atoms with van der Waals surface area (Å²) in [6.07, 6.45) is -4.78. The fourth-order valence-electron chi connectivity index (χ4n) is 2.18. The van der Waals surface area contributed by atoms with Gasteiger partial charge in [0.2, 0.25) is 5.91 Å². The molecule has 0 aliphatic carbocycles. The van der Waals surface area contributed by atoms with Gasteiger partial charge in [-0.3, -0.25) is 9.59 Å². The number of anilines is 2. The molecule has 2 aromatic carbocycles. The van der Waals surface area contributed by atoms with Crippen molar-refractivity contribution in [3.05, 3.63) is 54.1 Å². The van der Waals surface area contributed by atoms with Crippen LogP contribution in [0.15, 0.2) is 53.7 Å². The number of ether oxygens (including phenoxy) is 1. The monoisotopic (exact) mass is 409 g/mol. The van der Waals surface area contributed by atoms with Crippen LogP contribution in [-0.4, -0.2) is 30.5 Å². The molecule has 0 spiro atoms. The van der Waals surface area contributed by atoms with Crippen molar-refractivity contribution in [3.8, 4) is 5.75 Å². The number of alkyl halides is 3. The lowest BCUT2D eigenvalue weighted by molar-refractivity contribution is -0.274. The Morgan fingerprint density at radius 2 is 1.48 bits per heavy atom. The predicted octanol–water partition coefficient (Wildman–Crippen LogP) is 3.92. The zero-order valence-corrected chi connectivity index (χ0v) is 15.5. The first kappa shape index (κ1) is 21.7. The van der Waals surface area contributed by atoms with Crippen LogP contribution in [0.25, 0.3) is 0 Å². The number of halogens is 3. The average molecular weight is 409 g/mol. The fourth-order valence-corrected chi connectivity index (χ4v) is 2.18. The Hall–Kier alpha value is -3.56. The molecular formula is C19H18F3N3O4. The van der Waals surface area contributed by atoms with Crippen molar-refractivity contribution < 1.29 is 32.3 Å². The Balaban J connectivity index is 1.83. The maximum atomic E-state index is 12.1. The summed E-state index contributed by atoms with van der Waals surface area (Å²) in [5.74, 6) is -1.11. The minimum Gasteiger partial charge on any atom is -0.406 e. The number of amides is 2. The molecule has 0 saturated heterocycles. The minimum atomic E-state index is -4.78. The van der Waals surface area contributed by atoms with Crippen molar-refractivity contribution in [2.75, 3.05) is 17.2 Å². The van der Waals surface area contributed by atoms with Crippen molar-refractivity contribution in [1.29, 1.82) is 0 Å². The third kappa shape index (κ3) is 7.91. The molecular weight excluding hydrogens is 391 g/mol. The van der Waals surface area contributed by atoms with Crippen LogP contribution < -0.4 is 15.4 Å². The number of nitrogens with zero attached hydrogens (tertiary/aromatic N) is 1. The standard InChI is InChI=1S/C19H18F3N3O4/c1-12(14-3-5-15(6-4-14)23-13(2)26)25-28-11-18(27)24-16-7-9-17(10-8-16)29-19(20,21)22/h3-10H,11H2,1-2H3,(H,23,26)(H,24,27)/b25-12+. The van der Waals surface area contributed by atoms with E-state index in [0.717, 1.165) is 17.7 Å². The number of carbonyl (C=O) groups excluding carboxylic acids is 2. The van der Waals surface area contributed by atoms with Crippen LogP contribution >= 0.6 is 0 Å². The molecule has 2 rings (SSSR count). The Morgan fingerprint density at radius 3 is 2.03 bits per heavy atom. The van der Waals surface area contributed by atoms with Crippen LogP contribution in [0, 0.1) is 0 Å². The normalized spacial score (nSPS) is 11.6. The van der Waals surface area contributed by atoms with Gasteiger partial charge in [-0.15, -0.1) is 13.2 Å². The van der Waals surface area contributed by atoms with Crippen molar-refractivity contribution in [3.63, 3.8) is 0 Å². The van der Waals surface area contributed by atoms with E-state index in [1.807, 2.05) is 0 Å². The van der Waals surface area contributed by atoms with Gasteiger partial charge in [-0.25, -0.2) is 0 Å². The lowest BCUT2D eigenvalue weighted by Crippen LogP contribution is -2.18. The summed E-state index contributed by atoms with van der Waals surface area (Å²) < 4.78 is 40.1. The summed E-state index contributed by atoms with van der Waals surface area (Å²) >= 11 is 0. The van der Waals surface area contributed by atoms with Crippen molar-refractivity contribution >= 4 is 28.9 Å². The molecule has 10 heteroatoms. The number of hydrogen-bond acceptors (Lipinski definition) is 5. The van der Waals surface area contributed by atoms with Crippen molar-refractivity contribution in [1.82, 2.24) is 0 Å². The lowest BCUT2D eigenvalue weighted by Gasteiger charge is -2.10. The fraction of sp³-hybridized carbons (Fsp3) is 0.211. The average Bonchev–Trinajstić information content (AvgIpc) is 2.62. The second-order valence-corrected chi connectivity index (χ2v) is 5.83. The van der Waals surface area contributed by atoms with Gasteiger partial charge in [-0.2, -0.15) is 0 Å². The van der Waals surface area contributed by atoms with E-state index >= 15 is 0 Å². The highest BCUT2D eigenvalue weighted by Crippen LogP contribution is 2.23. The topological polar surface area (TPSA) is 89.0 Å². The first-order valence-corrected chi connectivity index (χ1v) is 8.32. The number of hydrogen-bond donors (Lipinski definition) is 2. The summed E-state index contributed by atoms with van der Waals surface area (Å²) in [6, 6.07) is 11.6. The second-order valence-electron chi connectivity index (χ2n) is 5.83. The summed E-state index contributed by atoms with van der Waals surface area (Å²) in [6.45, 7) is 2.71. The van der Waals surface area contributed by atoms with Crippen LogP contribution in [0.4, 0.5) is 24.5 Å². The van der Waals surface area contributed by atoms with E-state index in [2.05, 4.69) is 20.5 Å². The van der Waals surface area contributed by atoms with Gasteiger partial charge in [0.05, 0.1) is 5.71 Å². The maximum absolute atomic E-state index is 12.1. The number of carbonyl (C=O) groups is 2. The Labute approximate surface area is 164 Å². The molecule has 0 aromatic heterocycles. The van der Waals surface area contributed by atoms with Crippen molar-refractivity contribution in [2.24, 2.45) is 5.16 Å². The molecule has 7 nitrogen and oxygen atoms in total. The zero-order valence-electron chi connectivity index (χ0n) is 15.5. The Kier molecular flexibility index (Phi) is 7.18. The highest BCUT2D eigenvalue weighted by Gasteiger charge is 2.30. The quantitative estimate of drug-likeness (QED) is 0.536. The van der Waals surface area contributed by atoms with E-state index in [1.165, 1.54) is 19.1 Å². The smallest absolute Gasteiger partial charge is 0.406 e. The van der Waals surface area contributed by atoms with E-state index in [9.17, 15) is 22.8 Å². The van der Waals surface area contributed by atoms with Gasteiger partial charge in [0, 0.05) is 18.3 Å². The van der Waals surface area contributed by atoms with Gasteiger partial charge in [0.15, 0.2) is 6.61 Å². The second kappa shape index (κ2) is 9.58. The first-order chi connectivity index (χ1) is 13.6. The summed E-state index contributed by atoms with van der Waals surface area (Å²) in [4.78, 5) is 27.8. The van der Waals surface area contributed by atoms with Crippen LogP contribution in [0.1, 0.15) is 19.4 Å². The Bertz CT molecular complexity index is 879. The molecule has 0 unspecified atom stereocenters.